The largest absolute Gasteiger partial charge is 0.484 e. The molecule has 4 fully saturated rings. The molecule has 2 bridgehead atoms. The number of halogens is 1. The molecule has 3 N–H and O–H groups in total. The van der Waals surface area contributed by atoms with Gasteiger partial charge in [0, 0.05) is 75.7 Å². The van der Waals surface area contributed by atoms with Gasteiger partial charge in [-0.3, -0.25) is 4.79 Å². The Morgan fingerprint density at radius 1 is 0.889 bits per heavy atom. The lowest BCUT2D eigenvalue weighted by molar-refractivity contribution is -0.126. The van der Waals surface area contributed by atoms with Crippen LogP contribution in [0.25, 0.3) is 34.2 Å². The van der Waals surface area contributed by atoms with Crippen molar-refractivity contribution >= 4 is 28.8 Å². The van der Waals surface area contributed by atoms with Gasteiger partial charge >= 0.3 is 0 Å². The third-order valence-electron chi connectivity index (χ3n) is 15.9. The first-order chi connectivity index (χ1) is 30.8. The van der Waals surface area contributed by atoms with Crippen LogP contribution in [0.15, 0.2) is 54.7 Å². The van der Waals surface area contributed by atoms with Crippen molar-refractivity contribution in [2.24, 2.45) is 23.7 Å². The number of aryl methyl sites for hydroxylation is 1. The Morgan fingerprint density at radius 2 is 1.75 bits per heavy atom. The van der Waals surface area contributed by atoms with E-state index >= 15 is 4.39 Å². The molecule has 2 saturated carbocycles. The van der Waals surface area contributed by atoms with Crippen LogP contribution in [0.4, 0.5) is 4.39 Å². The number of nitrogens with one attached hydrogen (secondary N) is 3. The van der Waals surface area contributed by atoms with Crippen LogP contribution in [-0.4, -0.2) is 40.5 Å². The molecule has 11 rings (SSSR count). The average molecular weight is 867 g/mol. The second-order valence-corrected chi connectivity index (χ2v) is 21.2. The molecule has 3 aliphatic heterocycles. The zero-order valence-electron chi connectivity index (χ0n) is 37.2. The summed E-state index contributed by atoms with van der Waals surface area (Å²) in [6.45, 7) is 9.40. The number of thiophene rings is 1. The number of carbonyl (C=O) groups excluding carboxylic acids is 1. The minimum absolute atomic E-state index is 0.0721. The third kappa shape index (κ3) is 8.09. The van der Waals surface area contributed by atoms with E-state index in [9.17, 15) is 4.79 Å². The molecule has 7 unspecified atom stereocenters. The fourth-order valence-corrected chi connectivity index (χ4v) is 13.3. The normalized spacial score (nSPS) is 27.4. The van der Waals surface area contributed by atoms with Crippen LogP contribution in [0, 0.1) is 29.5 Å². The van der Waals surface area contributed by atoms with Gasteiger partial charge in [0.15, 0.2) is 0 Å². The van der Waals surface area contributed by atoms with Crippen molar-refractivity contribution in [2.45, 2.75) is 134 Å². The Balaban J connectivity index is 0.934. The predicted octanol–water partition coefficient (Wildman–Crippen LogP) is 13.2. The number of ketones is 1. The average Bonchev–Trinajstić information content (AvgIpc) is 3.62. The van der Waals surface area contributed by atoms with Crippen LogP contribution in [0.2, 0.25) is 0 Å². The van der Waals surface area contributed by atoms with Gasteiger partial charge < -0.3 is 24.8 Å². The number of nitrogens with zero attached hydrogens (tertiary/aromatic N) is 1. The first-order valence-corrected chi connectivity index (χ1v) is 25.2. The molecule has 63 heavy (non-hydrogen) atoms. The van der Waals surface area contributed by atoms with E-state index < -0.39 is 0 Å². The van der Waals surface area contributed by atoms with Gasteiger partial charge in [-0.25, -0.2) is 9.37 Å². The minimum Gasteiger partial charge on any atom is -0.484 e. The van der Waals surface area contributed by atoms with E-state index in [1.54, 1.807) is 6.07 Å². The van der Waals surface area contributed by atoms with Crippen LogP contribution >= 0.6 is 11.3 Å². The van der Waals surface area contributed by atoms with Crippen molar-refractivity contribution in [2.75, 3.05) is 19.8 Å². The van der Waals surface area contributed by atoms with Crippen LogP contribution in [0.5, 0.6) is 5.75 Å². The molecule has 7 nitrogen and oxygen atoms in total. The molecule has 0 amide bonds. The lowest BCUT2D eigenvalue weighted by Gasteiger charge is -2.30. The Hall–Kier alpha value is -4.31. The molecular formula is C54H63FN4O3S. The smallest absolute Gasteiger partial charge is 0.137 e. The summed E-state index contributed by atoms with van der Waals surface area (Å²) in [4.78, 5) is 29.0. The quantitative estimate of drug-likeness (QED) is 0.122. The number of imidazole rings is 1. The zero-order valence-corrected chi connectivity index (χ0v) is 38.1. The van der Waals surface area contributed by atoms with Gasteiger partial charge in [0.05, 0.1) is 17.5 Å². The standard InChI is InChI=1S/C54H63FN4O3S/c1-4-33-27-45(58-52(33)44-9-6-18-56-44)38-26-43(55)51-39-23-37-22-35(12-13-40(37)31(3)42(25-39)53(62-48(51)28-38)50-15-14-49(63-50)34-10-11-34)46-29-57-54(59-46)36-8-5-7-30(2)41(24-36)47(60)21-32-16-19-61-20-17-32/h12-15,22-23,26-32,34,36,41-42,44,53,56,58H,4-11,16-21,24-25H2,1-3H3,(H,57,59). The first kappa shape index (κ1) is 41.4. The van der Waals surface area contributed by atoms with Gasteiger partial charge in [-0.2, -0.15) is 0 Å². The number of fused-ring (bicyclic) bond motifs is 5. The van der Waals surface area contributed by atoms with E-state index in [2.05, 4.69) is 84.6 Å². The van der Waals surface area contributed by atoms with Crippen molar-refractivity contribution in [1.82, 2.24) is 20.3 Å². The number of Topliss-reactive ketones (excluding diaryl/α,β-unsaturated/α-hetero) is 1. The van der Waals surface area contributed by atoms with Crippen molar-refractivity contribution in [3.05, 3.63) is 104 Å². The van der Waals surface area contributed by atoms with E-state index in [1.807, 2.05) is 17.5 Å². The van der Waals surface area contributed by atoms with E-state index in [4.69, 9.17) is 14.5 Å². The van der Waals surface area contributed by atoms with Gasteiger partial charge in [0.25, 0.3) is 0 Å². The molecule has 6 heterocycles. The lowest BCUT2D eigenvalue weighted by atomic mass is 9.79. The zero-order chi connectivity index (χ0) is 42.8. The fraction of sp³-hybridized carbons (Fsp3) is 0.519. The van der Waals surface area contributed by atoms with Gasteiger partial charge in [-0.1, -0.05) is 45.4 Å². The molecular weight excluding hydrogens is 804 g/mol. The highest BCUT2D eigenvalue weighted by molar-refractivity contribution is 7.12. The molecule has 6 aliphatic rings. The number of allylic oxidation sites excluding steroid dienone is 1. The van der Waals surface area contributed by atoms with E-state index in [1.165, 1.54) is 45.8 Å². The summed E-state index contributed by atoms with van der Waals surface area (Å²) < 4.78 is 29.9. The van der Waals surface area contributed by atoms with E-state index in [0.29, 0.717) is 47.3 Å². The van der Waals surface area contributed by atoms with Crippen molar-refractivity contribution in [3.63, 3.8) is 0 Å². The Kier molecular flexibility index (Phi) is 11.3. The molecule has 0 radical (unpaired) electrons. The number of hydrogen-bond acceptors (Lipinski definition) is 6. The monoisotopic (exact) mass is 866 g/mol. The Bertz CT molecular complexity index is 2520. The number of rotatable bonds is 10. The fourth-order valence-electron chi connectivity index (χ4n) is 12.0. The first-order valence-electron chi connectivity index (χ1n) is 24.3. The summed E-state index contributed by atoms with van der Waals surface area (Å²) in [6, 6.07) is 17.7. The summed E-state index contributed by atoms with van der Waals surface area (Å²) in [5.74, 6) is 3.90. The molecule has 0 spiro atoms. The highest BCUT2D eigenvalue weighted by atomic mass is 32.1. The second kappa shape index (κ2) is 17.2. The van der Waals surface area contributed by atoms with Crippen molar-refractivity contribution in [3.8, 4) is 28.3 Å². The number of aromatic nitrogens is 3. The van der Waals surface area contributed by atoms with Gasteiger partial charge in [-0.15, -0.1) is 11.3 Å². The number of ether oxygens (including phenoxy) is 2. The minimum atomic E-state index is -0.237. The van der Waals surface area contributed by atoms with Crippen LogP contribution in [0.1, 0.15) is 171 Å². The number of carbonyl (C=O) groups is 1. The van der Waals surface area contributed by atoms with E-state index in [-0.39, 0.29) is 35.6 Å². The number of benzene rings is 2. The highest BCUT2D eigenvalue weighted by Gasteiger charge is 2.41. The molecule has 5 aromatic rings. The summed E-state index contributed by atoms with van der Waals surface area (Å²) in [5, 5.41) is 3.66. The van der Waals surface area contributed by atoms with Gasteiger partial charge in [0.2, 0.25) is 0 Å². The Morgan fingerprint density at radius 3 is 2.56 bits per heavy atom. The number of hydrogen-bond donors (Lipinski definition) is 3. The topological polar surface area (TPSA) is 92.0 Å². The maximum absolute atomic E-state index is 17.1. The number of H-pyrrole nitrogens is 2. The molecule has 2 aromatic carbocycles. The van der Waals surface area contributed by atoms with Gasteiger partial charge in [0.1, 0.15) is 29.3 Å². The molecule has 3 aromatic heterocycles. The summed E-state index contributed by atoms with van der Waals surface area (Å²) in [6.07, 6.45) is 17.2. The SMILES string of the molecule is CCc1cc(-c2cc(F)c3c(c2)OC(c2ccc(C4CC4)s2)C2CC3=Cc3cc(-c4cnc(C5CCCC(C)C(C(=O)CC6CCOCC6)C5)[nH]4)ccc3C2C)[nH]c1C1CCCN1. The maximum Gasteiger partial charge on any atom is 0.137 e. The number of aromatic amines is 2. The summed E-state index contributed by atoms with van der Waals surface area (Å²) in [7, 11) is 0. The molecule has 2 saturated heterocycles. The molecule has 3 aliphatic carbocycles. The van der Waals surface area contributed by atoms with Crippen LogP contribution in [-0.2, 0) is 16.0 Å². The Labute approximate surface area is 376 Å². The van der Waals surface area contributed by atoms with Crippen molar-refractivity contribution < 1.29 is 18.7 Å². The highest BCUT2D eigenvalue weighted by Crippen LogP contribution is 2.54. The lowest BCUT2D eigenvalue weighted by Crippen LogP contribution is -2.27. The third-order valence-corrected chi connectivity index (χ3v) is 17.2. The molecule has 7 atom stereocenters. The predicted molar refractivity (Wildman–Crippen MR) is 251 cm³/mol. The van der Waals surface area contributed by atoms with Crippen molar-refractivity contribution in [1.29, 1.82) is 0 Å². The summed E-state index contributed by atoms with van der Waals surface area (Å²) in [5.41, 5.74) is 10.3. The maximum atomic E-state index is 17.1. The summed E-state index contributed by atoms with van der Waals surface area (Å²) >= 11 is 1.89. The van der Waals surface area contributed by atoms with Crippen LogP contribution in [0.3, 0.4) is 0 Å². The van der Waals surface area contributed by atoms with Crippen LogP contribution < -0.4 is 10.1 Å². The molecule has 330 valence electrons. The second-order valence-electron chi connectivity index (χ2n) is 20.0. The van der Waals surface area contributed by atoms with E-state index in [0.717, 1.165) is 117 Å². The molecule has 9 heteroatoms. The van der Waals surface area contributed by atoms with Gasteiger partial charge in [-0.05, 0) is 160 Å².